The summed E-state index contributed by atoms with van der Waals surface area (Å²) in [5.74, 6) is 1.59. The van der Waals surface area contributed by atoms with E-state index in [1.807, 2.05) is 0 Å². The fourth-order valence-electron chi connectivity index (χ4n) is 3.17. The molecule has 0 bridgehead atoms. The summed E-state index contributed by atoms with van der Waals surface area (Å²) in [6.07, 6.45) is 7.48. The van der Waals surface area contributed by atoms with E-state index in [9.17, 15) is 5.11 Å². The number of aliphatic hydroxyl groups is 1. The maximum Gasteiger partial charge on any atom is 0.181 e. The molecule has 1 heterocycles. The fraction of sp³-hybridized carbons (Fsp3) is 0.769. The van der Waals surface area contributed by atoms with Gasteiger partial charge in [0.15, 0.2) is 6.39 Å². The SMILES string of the molecule is CC(C)CC1(c2ocnc2CO)CCCC1. The Hall–Kier alpha value is -0.830. The largest absolute Gasteiger partial charge is 0.448 e. The number of hydrogen-bond donors (Lipinski definition) is 1. The molecule has 1 aromatic heterocycles. The van der Waals surface area contributed by atoms with Gasteiger partial charge in [0.1, 0.15) is 11.5 Å². The molecule has 0 amide bonds. The number of oxazole rings is 1. The zero-order valence-electron chi connectivity index (χ0n) is 10.2. The predicted octanol–water partition coefficient (Wildman–Crippen LogP) is 3.02. The van der Waals surface area contributed by atoms with Gasteiger partial charge in [-0.1, -0.05) is 26.7 Å². The third-order valence-electron chi connectivity index (χ3n) is 3.63. The molecule has 1 saturated carbocycles. The van der Waals surface area contributed by atoms with Gasteiger partial charge in [0.2, 0.25) is 0 Å². The van der Waals surface area contributed by atoms with Crippen LogP contribution in [0.2, 0.25) is 0 Å². The Bertz CT molecular complexity index is 337. The number of aliphatic hydroxyl groups excluding tert-OH is 1. The molecule has 0 unspecified atom stereocenters. The van der Waals surface area contributed by atoms with E-state index in [1.165, 1.54) is 32.1 Å². The van der Waals surface area contributed by atoms with Crippen molar-refractivity contribution < 1.29 is 9.52 Å². The van der Waals surface area contributed by atoms with Crippen LogP contribution in [0.1, 0.15) is 57.4 Å². The van der Waals surface area contributed by atoms with E-state index < -0.39 is 0 Å². The van der Waals surface area contributed by atoms with Crippen LogP contribution in [0, 0.1) is 5.92 Å². The monoisotopic (exact) mass is 223 g/mol. The van der Waals surface area contributed by atoms with E-state index >= 15 is 0 Å². The zero-order valence-corrected chi connectivity index (χ0v) is 10.2. The second kappa shape index (κ2) is 4.58. The normalized spacial score (nSPS) is 19.5. The van der Waals surface area contributed by atoms with Crippen molar-refractivity contribution in [1.82, 2.24) is 4.98 Å². The Morgan fingerprint density at radius 2 is 2.12 bits per heavy atom. The Kier molecular flexibility index (Phi) is 3.33. The van der Waals surface area contributed by atoms with Gasteiger partial charge in [-0.15, -0.1) is 0 Å². The lowest BCUT2D eigenvalue weighted by molar-refractivity contribution is 0.249. The van der Waals surface area contributed by atoms with E-state index in [0.29, 0.717) is 5.92 Å². The van der Waals surface area contributed by atoms with Crippen LogP contribution in [-0.4, -0.2) is 10.1 Å². The van der Waals surface area contributed by atoms with Crippen LogP contribution in [-0.2, 0) is 12.0 Å². The molecule has 1 N–H and O–H groups in total. The van der Waals surface area contributed by atoms with Crippen LogP contribution < -0.4 is 0 Å². The summed E-state index contributed by atoms with van der Waals surface area (Å²) in [5, 5.41) is 9.29. The van der Waals surface area contributed by atoms with Crippen molar-refractivity contribution in [3.8, 4) is 0 Å². The molecule has 1 fully saturated rings. The molecule has 3 heteroatoms. The first-order valence-corrected chi connectivity index (χ1v) is 6.22. The highest BCUT2D eigenvalue weighted by molar-refractivity contribution is 5.20. The van der Waals surface area contributed by atoms with Crippen LogP contribution in [0.25, 0.3) is 0 Å². The number of aromatic nitrogens is 1. The predicted molar refractivity (Wildman–Crippen MR) is 62.0 cm³/mol. The minimum absolute atomic E-state index is 0.00826. The Labute approximate surface area is 96.9 Å². The quantitative estimate of drug-likeness (QED) is 0.853. The molecule has 0 saturated heterocycles. The molecular weight excluding hydrogens is 202 g/mol. The minimum atomic E-state index is -0.00826. The molecule has 1 aromatic rings. The summed E-state index contributed by atoms with van der Waals surface area (Å²) in [7, 11) is 0. The van der Waals surface area contributed by atoms with E-state index in [-0.39, 0.29) is 12.0 Å². The first-order chi connectivity index (χ1) is 7.68. The maximum atomic E-state index is 9.29. The van der Waals surface area contributed by atoms with Crippen LogP contribution in [0.5, 0.6) is 0 Å². The van der Waals surface area contributed by atoms with E-state index in [2.05, 4.69) is 18.8 Å². The van der Waals surface area contributed by atoms with Crippen LogP contribution in [0.4, 0.5) is 0 Å². The average molecular weight is 223 g/mol. The summed E-state index contributed by atoms with van der Waals surface area (Å²) in [4.78, 5) is 4.11. The van der Waals surface area contributed by atoms with Gasteiger partial charge in [0, 0.05) is 5.41 Å². The Morgan fingerprint density at radius 3 is 2.69 bits per heavy atom. The molecule has 0 atom stereocenters. The molecule has 2 rings (SSSR count). The second-order valence-electron chi connectivity index (χ2n) is 5.37. The van der Waals surface area contributed by atoms with Gasteiger partial charge in [-0.25, -0.2) is 4.98 Å². The highest BCUT2D eigenvalue weighted by Crippen LogP contribution is 2.46. The van der Waals surface area contributed by atoms with Gasteiger partial charge < -0.3 is 9.52 Å². The van der Waals surface area contributed by atoms with Gasteiger partial charge in [0.05, 0.1) is 6.61 Å². The molecule has 0 aromatic carbocycles. The molecule has 0 aliphatic heterocycles. The molecule has 1 aliphatic carbocycles. The first-order valence-electron chi connectivity index (χ1n) is 6.22. The Morgan fingerprint density at radius 1 is 1.44 bits per heavy atom. The van der Waals surface area contributed by atoms with Gasteiger partial charge >= 0.3 is 0 Å². The van der Waals surface area contributed by atoms with Crippen LogP contribution >= 0.6 is 0 Å². The van der Waals surface area contributed by atoms with E-state index in [1.54, 1.807) is 0 Å². The minimum Gasteiger partial charge on any atom is -0.448 e. The van der Waals surface area contributed by atoms with Gasteiger partial charge in [-0.2, -0.15) is 0 Å². The summed E-state index contributed by atoms with van der Waals surface area (Å²) < 4.78 is 5.57. The van der Waals surface area contributed by atoms with Crippen molar-refractivity contribution in [2.45, 2.75) is 58.0 Å². The average Bonchev–Trinajstić information content (AvgIpc) is 2.84. The smallest absolute Gasteiger partial charge is 0.181 e. The second-order valence-corrected chi connectivity index (χ2v) is 5.37. The highest BCUT2D eigenvalue weighted by atomic mass is 16.3. The summed E-state index contributed by atoms with van der Waals surface area (Å²) in [6, 6.07) is 0. The van der Waals surface area contributed by atoms with Gasteiger partial charge in [-0.3, -0.25) is 0 Å². The molecule has 0 spiro atoms. The molecular formula is C13H21NO2. The molecule has 3 nitrogen and oxygen atoms in total. The van der Waals surface area contributed by atoms with Crippen molar-refractivity contribution in [3.05, 3.63) is 17.8 Å². The lowest BCUT2D eigenvalue weighted by Gasteiger charge is -2.29. The van der Waals surface area contributed by atoms with Crippen molar-refractivity contribution in [3.63, 3.8) is 0 Å². The topological polar surface area (TPSA) is 46.3 Å². The Balaban J connectivity index is 2.31. The third-order valence-corrected chi connectivity index (χ3v) is 3.63. The van der Waals surface area contributed by atoms with Crippen LogP contribution in [0.15, 0.2) is 10.8 Å². The summed E-state index contributed by atoms with van der Waals surface area (Å²) in [6.45, 7) is 4.48. The van der Waals surface area contributed by atoms with Crippen molar-refractivity contribution in [2.24, 2.45) is 5.92 Å². The zero-order chi connectivity index (χ0) is 11.6. The van der Waals surface area contributed by atoms with E-state index in [0.717, 1.165) is 17.9 Å². The molecule has 16 heavy (non-hydrogen) atoms. The summed E-state index contributed by atoms with van der Waals surface area (Å²) >= 11 is 0. The number of hydrogen-bond acceptors (Lipinski definition) is 3. The molecule has 0 radical (unpaired) electrons. The first kappa shape index (κ1) is 11.6. The maximum absolute atomic E-state index is 9.29. The highest BCUT2D eigenvalue weighted by Gasteiger charge is 2.40. The van der Waals surface area contributed by atoms with Crippen molar-refractivity contribution in [1.29, 1.82) is 0 Å². The lowest BCUT2D eigenvalue weighted by Crippen LogP contribution is -2.25. The molecule has 90 valence electrons. The van der Waals surface area contributed by atoms with Gasteiger partial charge in [0.25, 0.3) is 0 Å². The third kappa shape index (κ3) is 2.01. The molecule has 1 aliphatic rings. The number of nitrogens with zero attached hydrogens (tertiary/aromatic N) is 1. The fourth-order valence-corrected chi connectivity index (χ4v) is 3.17. The van der Waals surface area contributed by atoms with Crippen molar-refractivity contribution >= 4 is 0 Å². The lowest BCUT2D eigenvalue weighted by atomic mass is 9.76. The standard InChI is InChI=1S/C13H21NO2/c1-10(2)7-13(5-3-4-6-13)12-11(8-15)14-9-16-12/h9-10,15H,3-8H2,1-2H3. The number of rotatable bonds is 4. The van der Waals surface area contributed by atoms with E-state index in [4.69, 9.17) is 4.42 Å². The van der Waals surface area contributed by atoms with Crippen LogP contribution in [0.3, 0.4) is 0 Å². The van der Waals surface area contributed by atoms with Gasteiger partial charge in [-0.05, 0) is 25.2 Å². The van der Waals surface area contributed by atoms with Crippen molar-refractivity contribution in [2.75, 3.05) is 0 Å². The summed E-state index contributed by atoms with van der Waals surface area (Å²) in [5.41, 5.74) is 0.880.